The van der Waals surface area contributed by atoms with Crippen LogP contribution in [0.4, 0.5) is 21.6 Å². The van der Waals surface area contributed by atoms with Gasteiger partial charge in [0.25, 0.3) is 5.91 Å². The third kappa shape index (κ3) is 4.42. The van der Waals surface area contributed by atoms with Crippen molar-refractivity contribution in [3.8, 4) is 0 Å². The summed E-state index contributed by atoms with van der Waals surface area (Å²) in [5.41, 5.74) is 2.69. The highest BCUT2D eigenvalue weighted by atomic mass is 19.1. The van der Waals surface area contributed by atoms with Crippen molar-refractivity contribution in [2.45, 2.75) is 20.3 Å². The van der Waals surface area contributed by atoms with Crippen molar-refractivity contribution >= 4 is 23.1 Å². The minimum atomic E-state index is -0.425. The molecule has 3 rings (SSSR count). The quantitative estimate of drug-likeness (QED) is 0.712. The van der Waals surface area contributed by atoms with Crippen LogP contribution < -0.4 is 10.6 Å². The van der Waals surface area contributed by atoms with Crippen LogP contribution in [0.3, 0.4) is 0 Å². The molecular weight excluding hydrogens is 331 g/mol. The first-order valence-corrected chi connectivity index (χ1v) is 8.32. The van der Waals surface area contributed by atoms with Crippen LogP contribution in [0, 0.1) is 12.7 Å². The number of nitrogens with one attached hydrogen (secondary N) is 2. The van der Waals surface area contributed by atoms with E-state index in [4.69, 9.17) is 0 Å². The fourth-order valence-electron chi connectivity index (χ4n) is 2.48. The number of carbonyl (C=O) groups excluding carboxylic acids is 1. The third-order valence-electron chi connectivity index (χ3n) is 3.79. The molecule has 0 saturated heterocycles. The summed E-state index contributed by atoms with van der Waals surface area (Å²) in [6.45, 7) is 3.81. The molecule has 0 atom stereocenters. The minimum absolute atomic E-state index is 0.203. The summed E-state index contributed by atoms with van der Waals surface area (Å²) in [6.07, 6.45) is 0.970. The van der Waals surface area contributed by atoms with Crippen LogP contribution in [0.1, 0.15) is 28.8 Å². The van der Waals surface area contributed by atoms with Crippen molar-refractivity contribution in [1.82, 2.24) is 9.97 Å². The average Bonchev–Trinajstić information content (AvgIpc) is 2.62. The number of anilines is 3. The molecule has 2 N–H and O–H groups in total. The van der Waals surface area contributed by atoms with Gasteiger partial charge in [0, 0.05) is 17.4 Å². The zero-order chi connectivity index (χ0) is 18.5. The van der Waals surface area contributed by atoms with Gasteiger partial charge in [-0.25, -0.2) is 14.4 Å². The lowest BCUT2D eigenvalue weighted by Crippen LogP contribution is -2.15. The first-order chi connectivity index (χ1) is 12.5. The molecule has 3 aromatic rings. The summed E-state index contributed by atoms with van der Waals surface area (Å²) in [5, 5.41) is 5.81. The lowest BCUT2D eigenvalue weighted by Gasteiger charge is -2.10. The van der Waals surface area contributed by atoms with Gasteiger partial charge in [0.15, 0.2) is 0 Å². The van der Waals surface area contributed by atoms with E-state index in [-0.39, 0.29) is 5.69 Å². The number of hydrogen-bond donors (Lipinski definition) is 2. The topological polar surface area (TPSA) is 66.9 Å². The zero-order valence-electron chi connectivity index (χ0n) is 14.6. The second-order valence-corrected chi connectivity index (χ2v) is 5.83. The predicted molar refractivity (Wildman–Crippen MR) is 100 cm³/mol. The molecule has 0 aliphatic carbocycles. The van der Waals surface area contributed by atoms with E-state index in [1.165, 1.54) is 23.8 Å². The molecule has 5 nitrogen and oxygen atoms in total. The molecule has 26 heavy (non-hydrogen) atoms. The number of aryl methyl sites for hydroxylation is 2. The third-order valence-corrected chi connectivity index (χ3v) is 3.79. The van der Waals surface area contributed by atoms with Crippen LogP contribution in [0.2, 0.25) is 0 Å². The molecule has 0 radical (unpaired) electrons. The van der Waals surface area contributed by atoms with E-state index in [0.717, 1.165) is 12.1 Å². The number of nitrogens with zero attached hydrogens (tertiary/aromatic N) is 2. The van der Waals surface area contributed by atoms with E-state index in [0.29, 0.717) is 17.3 Å². The van der Waals surface area contributed by atoms with Gasteiger partial charge in [-0.3, -0.25) is 4.79 Å². The first-order valence-electron chi connectivity index (χ1n) is 8.32. The standard InChI is InChI=1S/C20H19FN4O/c1-3-14-7-9-16(10-8-14)24-19-12-18(22-13(2)23-19)20(26)25-17-6-4-5-15(21)11-17/h4-12H,3H2,1-2H3,(H,25,26)(H,22,23,24). The molecule has 6 heteroatoms. The Kier molecular flexibility index (Phi) is 5.22. The van der Waals surface area contributed by atoms with Crippen LogP contribution in [0.15, 0.2) is 54.6 Å². The Bertz CT molecular complexity index is 925. The van der Waals surface area contributed by atoms with Gasteiger partial charge < -0.3 is 10.6 Å². The van der Waals surface area contributed by atoms with Gasteiger partial charge in [0.1, 0.15) is 23.2 Å². The average molecular weight is 350 g/mol. The second-order valence-electron chi connectivity index (χ2n) is 5.83. The van der Waals surface area contributed by atoms with Crippen molar-refractivity contribution in [2.75, 3.05) is 10.6 Å². The molecule has 1 amide bonds. The van der Waals surface area contributed by atoms with Crippen LogP contribution in [-0.4, -0.2) is 15.9 Å². The summed E-state index contributed by atoms with van der Waals surface area (Å²) in [4.78, 5) is 20.9. The van der Waals surface area contributed by atoms with Gasteiger partial charge in [0.2, 0.25) is 0 Å². The molecule has 0 aliphatic heterocycles. The van der Waals surface area contributed by atoms with E-state index < -0.39 is 11.7 Å². The van der Waals surface area contributed by atoms with Crippen molar-refractivity contribution in [3.05, 3.63) is 77.5 Å². The summed E-state index contributed by atoms with van der Waals surface area (Å²) in [6, 6.07) is 15.3. The number of rotatable bonds is 5. The van der Waals surface area contributed by atoms with Gasteiger partial charge in [-0.1, -0.05) is 25.1 Å². The second kappa shape index (κ2) is 7.74. The SMILES string of the molecule is CCc1ccc(Nc2cc(C(=O)Nc3cccc(F)c3)nc(C)n2)cc1. The maximum Gasteiger partial charge on any atom is 0.274 e. The zero-order valence-corrected chi connectivity index (χ0v) is 14.6. The van der Waals surface area contributed by atoms with Crippen molar-refractivity contribution < 1.29 is 9.18 Å². The Morgan fingerprint density at radius 1 is 1.04 bits per heavy atom. The molecule has 0 aliphatic rings. The number of aromatic nitrogens is 2. The molecule has 132 valence electrons. The maximum atomic E-state index is 13.3. The normalized spacial score (nSPS) is 10.4. The Hall–Kier alpha value is -3.28. The van der Waals surface area contributed by atoms with Crippen LogP contribution in [0.25, 0.3) is 0 Å². The summed E-state index contributed by atoms with van der Waals surface area (Å²) >= 11 is 0. The molecule has 0 bridgehead atoms. The van der Waals surface area contributed by atoms with Gasteiger partial charge in [-0.2, -0.15) is 0 Å². The fraction of sp³-hybridized carbons (Fsp3) is 0.150. The number of hydrogen-bond acceptors (Lipinski definition) is 4. The largest absolute Gasteiger partial charge is 0.340 e. The lowest BCUT2D eigenvalue weighted by atomic mass is 10.1. The molecular formula is C20H19FN4O. The van der Waals surface area contributed by atoms with Crippen LogP contribution >= 0.6 is 0 Å². The predicted octanol–water partition coefficient (Wildman–Crippen LogP) is 4.48. The van der Waals surface area contributed by atoms with Crippen molar-refractivity contribution in [3.63, 3.8) is 0 Å². The van der Waals surface area contributed by atoms with Gasteiger partial charge >= 0.3 is 0 Å². The summed E-state index contributed by atoms with van der Waals surface area (Å²) < 4.78 is 13.3. The number of halogens is 1. The Labute approximate surface area is 151 Å². The van der Waals surface area contributed by atoms with Gasteiger partial charge in [-0.05, 0) is 49.2 Å². The number of amides is 1. The Morgan fingerprint density at radius 3 is 2.50 bits per heavy atom. The van der Waals surface area contributed by atoms with Crippen LogP contribution in [0.5, 0.6) is 0 Å². The summed E-state index contributed by atoms with van der Waals surface area (Å²) in [5.74, 6) is 0.140. The van der Waals surface area contributed by atoms with E-state index in [9.17, 15) is 9.18 Å². The fourth-order valence-corrected chi connectivity index (χ4v) is 2.48. The molecule has 1 aromatic heterocycles. The molecule has 1 heterocycles. The number of benzene rings is 2. The minimum Gasteiger partial charge on any atom is -0.340 e. The monoisotopic (exact) mass is 350 g/mol. The van der Waals surface area contributed by atoms with Crippen molar-refractivity contribution in [2.24, 2.45) is 0 Å². The molecule has 2 aromatic carbocycles. The Morgan fingerprint density at radius 2 is 1.81 bits per heavy atom. The van der Waals surface area contributed by atoms with Gasteiger partial charge in [-0.15, -0.1) is 0 Å². The molecule has 0 spiro atoms. The summed E-state index contributed by atoms with van der Waals surface area (Å²) in [7, 11) is 0. The maximum absolute atomic E-state index is 13.3. The van der Waals surface area contributed by atoms with E-state index in [1.54, 1.807) is 19.1 Å². The van der Waals surface area contributed by atoms with E-state index >= 15 is 0 Å². The van der Waals surface area contributed by atoms with Crippen LogP contribution in [-0.2, 0) is 6.42 Å². The Balaban J connectivity index is 1.79. The van der Waals surface area contributed by atoms with E-state index in [1.807, 2.05) is 24.3 Å². The first kappa shape index (κ1) is 17.5. The molecule has 0 unspecified atom stereocenters. The van der Waals surface area contributed by atoms with E-state index in [2.05, 4.69) is 27.5 Å². The molecule has 0 fully saturated rings. The number of carbonyl (C=O) groups is 1. The van der Waals surface area contributed by atoms with Crippen molar-refractivity contribution in [1.29, 1.82) is 0 Å². The smallest absolute Gasteiger partial charge is 0.274 e. The highest BCUT2D eigenvalue weighted by Gasteiger charge is 2.11. The highest BCUT2D eigenvalue weighted by molar-refractivity contribution is 6.03. The lowest BCUT2D eigenvalue weighted by molar-refractivity contribution is 0.102. The molecule has 0 saturated carbocycles. The van der Waals surface area contributed by atoms with Gasteiger partial charge in [0.05, 0.1) is 0 Å². The highest BCUT2D eigenvalue weighted by Crippen LogP contribution is 2.17.